The van der Waals surface area contributed by atoms with Gasteiger partial charge < -0.3 is 9.32 Å². The molecule has 3 aromatic carbocycles. The van der Waals surface area contributed by atoms with Crippen LogP contribution >= 0.6 is 11.6 Å². The molecule has 5 rings (SSSR count). The van der Waals surface area contributed by atoms with E-state index in [-0.39, 0.29) is 17.1 Å². The molecule has 0 saturated heterocycles. The predicted molar refractivity (Wildman–Crippen MR) is 122 cm³/mol. The molecule has 2 heterocycles. The van der Waals surface area contributed by atoms with Gasteiger partial charge in [0.25, 0.3) is 5.91 Å². The summed E-state index contributed by atoms with van der Waals surface area (Å²) in [5.41, 5.74) is 4.48. The first-order valence-corrected chi connectivity index (χ1v) is 10.5. The zero-order valence-corrected chi connectivity index (χ0v) is 17.9. The van der Waals surface area contributed by atoms with Gasteiger partial charge in [0, 0.05) is 11.6 Å². The Bertz CT molecular complexity index is 1370. The first-order valence-electron chi connectivity index (χ1n) is 10.1. The van der Waals surface area contributed by atoms with Crippen molar-refractivity contribution >= 4 is 28.5 Å². The normalized spacial score (nSPS) is 15.5. The molecule has 0 N–H and O–H groups in total. The maximum Gasteiger partial charge on any atom is 0.291 e. The number of rotatable bonds is 3. The van der Waals surface area contributed by atoms with Gasteiger partial charge in [-0.15, -0.1) is 0 Å². The van der Waals surface area contributed by atoms with E-state index in [9.17, 15) is 9.59 Å². The molecule has 1 aromatic heterocycles. The Morgan fingerprint density at radius 3 is 2.32 bits per heavy atom. The van der Waals surface area contributed by atoms with E-state index in [1.807, 2.05) is 68.4 Å². The van der Waals surface area contributed by atoms with Crippen LogP contribution in [0.5, 0.6) is 0 Å². The Morgan fingerprint density at radius 1 is 0.935 bits per heavy atom. The number of fused-ring (bicyclic) bond motifs is 2. The highest BCUT2D eigenvalue weighted by atomic mass is 35.5. The number of halogens is 1. The van der Waals surface area contributed by atoms with E-state index in [4.69, 9.17) is 16.0 Å². The van der Waals surface area contributed by atoms with Crippen LogP contribution in [0.15, 0.2) is 75.9 Å². The lowest BCUT2D eigenvalue weighted by molar-refractivity contribution is 0.0714. The van der Waals surface area contributed by atoms with Gasteiger partial charge in [-0.25, -0.2) is 0 Å². The number of benzene rings is 3. The van der Waals surface area contributed by atoms with Gasteiger partial charge in [0.05, 0.1) is 17.0 Å². The van der Waals surface area contributed by atoms with Crippen LogP contribution in [0.25, 0.3) is 11.0 Å². The Balaban J connectivity index is 1.75. The SMILES string of the molecule is Cc1cc2oc3c(c(=O)c2cc1C)C(c1ccc(Cl)cc1)N(Cc1ccccc1)C3=O. The summed E-state index contributed by atoms with van der Waals surface area (Å²) in [5, 5.41) is 1.09. The van der Waals surface area contributed by atoms with Crippen molar-refractivity contribution in [1.29, 1.82) is 0 Å². The largest absolute Gasteiger partial charge is 0.450 e. The van der Waals surface area contributed by atoms with Gasteiger partial charge in [0.1, 0.15) is 5.58 Å². The van der Waals surface area contributed by atoms with Gasteiger partial charge >= 0.3 is 0 Å². The van der Waals surface area contributed by atoms with E-state index in [0.29, 0.717) is 28.1 Å². The zero-order chi connectivity index (χ0) is 21.7. The summed E-state index contributed by atoms with van der Waals surface area (Å²) in [6.45, 7) is 4.29. The highest BCUT2D eigenvalue weighted by Crippen LogP contribution is 2.39. The predicted octanol–water partition coefficient (Wildman–Crippen LogP) is 5.81. The molecule has 1 aliphatic heterocycles. The zero-order valence-electron chi connectivity index (χ0n) is 17.2. The molecule has 0 aliphatic carbocycles. The van der Waals surface area contributed by atoms with Crippen molar-refractivity contribution in [2.75, 3.05) is 0 Å². The molecule has 1 atom stereocenters. The number of amides is 1. The van der Waals surface area contributed by atoms with Crippen molar-refractivity contribution in [1.82, 2.24) is 4.90 Å². The molecule has 0 saturated carbocycles. The van der Waals surface area contributed by atoms with Crippen LogP contribution in [0.1, 0.15) is 44.4 Å². The molecule has 4 aromatic rings. The molecule has 0 radical (unpaired) electrons. The number of hydrogen-bond donors (Lipinski definition) is 0. The first-order chi connectivity index (χ1) is 14.9. The minimum absolute atomic E-state index is 0.122. The molecule has 154 valence electrons. The van der Waals surface area contributed by atoms with E-state index in [1.165, 1.54) is 0 Å². The van der Waals surface area contributed by atoms with Crippen molar-refractivity contribution in [3.8, 4) is 0 Å². The third-order valence-corrected chi connectivity index (χ3v) is 6.22. The summed E-state index contributed by atoms with van der Waals surface area (Å²) in [4.78, 5) is 28.8. The maximum absolute atomic E-state index is 13.6. The first kappa shape index (κ1) is 19.6. The Hall–Kier alpha value is -3.37. The molecular weight excluding hydrogens is 410 g/mol. The number of carbonyl (C=O) groups excluding carboxylic acids is 1. The Kier molecular flexibility index (Phi) is 4.67. The number of nitrogens with zero attached hydrogens (tertiary/aromatic N) is 1. The number of carbonyl (C=O) groups is 1. The van der Waals surface area contributed by atoms with Crippen LogP contribution in [-0.2, 0) is 6.54 Å². The molecule has 0 bridgehead atoms. The smallest absolute Gasteiger partial charge is 0.291 e. The number of hydrogen-bond acceptors (Lipinski definition) is 3. The lowest BCUT2D eigenvalue weighted by Crippen LogP contribution is -2.29. The second-order valence-corrected chi connectivity index (χ2v) is 8.42. The molecule has 0 fully saturated rings. The lowest BCUT2D eigenvalue weighted by Gasteiger charge is -2.25. The minimum atomic E-state index is -0.540. The van der Waals surface area contributed by atoms with E-state index in [0.717, 1.165) is 22.3 Å². The third-order valence-electron chi connectivity index (χ3n) is 5.96. The maximum atomic E-state index is 13.6. The fraction of sp³-hybridized carbons (Fsp3) is 0.154. The molecule has 1 amide bonds. The van der Waals surface area contributed by atoms with Gasteiger partial charge in [0.15, 0.2) is 5.43 Å². The molecular formula is C26H20ClNO3. The van der Waals surface area contributed by atoms with Crippen molar-refractivity contribution < 1.29 is 9.21 Å². The summed E-state index contributed by atoms with van der Waals surface area (Å²) in [5.74, 6) is -0.160. The fourth-order valence-electron chi connectivity index (χ4n) is 4.21. The highest BCUT2D eigenvalue weighted by Gasteiger charge is 2.42. The van der Waals surface area contributed by atoms with E-state index in [2.05, 4.69) is 0 Å². The van der Waals surface area contributed by atoms with Crippen LogP contribution in [0.3, 0.4) is 0 Å². The fourth-order valence-corrected chi connectivity index (χ4v) is 4.34. The van der Waals surface area contributed by atoms with E-state index >= 15 is 0 Å². The number of aryl methyl sites for hydroxylation is 2. The second-order valence-electron chi connectivity index (χ2n) is 7.98. The van der Waals surface area contributed by atoms with Gasteiger partial charge in [-0.1, -0.05) is 54.1 Å². The standard InChI is InChI=1S/C26H20ClNO3/c1-15-12-20-21(13-16(15)2)31-25-22(24(20)29)23(18-8-10-19(27)11-9-18)28(26(25)30)14-17-6-4-3-5-7-17/h3-13,23H,14H2,1-2H3. The van der Waals surface area contributed by atoms with Crippen molar-refractivity contribution in [2.24, 2.45) is 0 Å². The Morgan fingerprint density at radius 2 is 1.61 bits per heavy atom. The summed E-state index contributed by atoms with van der Waals surface area (Å²) in [7, 11) is 0. The monoisotopic (exact) mass is 429 g/mol. The van der Waals surface area contributed by atoms with Crippen LogP contribution in [0.4, 0.5) is 0 Å². The topological polar surface area (TPSA) is 50.5 Å². The molecule has 31 heavy (non-hydrogen) atoms. The molecule has 0 spiro atoms. The summed E-state index contributed by atoms with van der Waals surface area (Å²) < 4.78 is 6.06. The lowest BCUT2D eigenvalue weighted by atomic mass is 9.97. The van der Waals surface area contributed by atoms with Gasteiger partial charge in [0.2, 0.25) is 5.76 Å². The minimum Gasteiger partial charge on any atom is -0.450 e. The van der Waals surface area contributed by atoms with Crippen molar-refractivity contribution in [2.45, 2.75) is 26.4 Å². The van der Waals surface area contributed by atoms with Crippen LogP contribution in [0, 0.1) is 13.8 Å². The Labute approximate surface area is 184 Å². The average Bonchev–Trinajstić information content (AvgIpc) is 3.03. The average molecular weight is 430 g/mol. The van der Waals surface area contributed by atoms with Crippen molar-refractivity contribution in [3.63, 3.8) is 0 Å². The van der Waals surface area contributed by atoms with Crippen LogP contribution in [-0.4, -0.2) is 10.8 Å². The summed E-state index contributed by atoms with van der Waals surface area (Å²) >= 11 is 6.09. The third kappa shape index (κ3) is 3.24. The molecule has 4 nitrogen and oxygen atoms in total. The molecule has 1 aliphatic rings. The highest BCUT2D eigenvalue weighted by molar-refractivity contribution is 6.30. The van der Waals surface area contributed by atoms with Gasteiger partial charge in [-0.3, -0.25) is 9.59 Å². The molecule has 5 heteroatoms. The molecule has 1 unspecified atom stereocenters. The van der Waals surface area contributed by atoms with E-state index < -0.39 is 6.04 Å². The summed E-state index contributed by atoms with van der Waals surface area (Å²) in [6, 6.07) is 20.1. The van der Waals surface area contributed by atoms with Gasteiger partial charge in [-0.2, -0.15) is 0 Å². The van der Waals surface area contributed by atoms with E-state index in [1.54, 1.807) is 17.0 Å². The second kappa shape index (κ2) is 7.40. The van der Waals surface area contributed by atoms with Crippen LogP contribution < -0.4 is 5.43 Å². The summed E-state index contributed by atoms with van der Waals surface area (Å²) in [6.07, 6.45) is 0. The quantitative estimate of drug-likeness (QED) is 0.413. The van der Waals surface area contributed by atoms with Crippen LogP contribution in [0.2, 0.25) is 5.02 Å². The van der Waals surface area contributed by atoms with Crippen molar-refractivity contribution in [3.05, 3.63) is 116 Å². The van der Waals surface area contributed by atoms with Gasteiger partial charge in [-0.05, 0) is 60.4 Å².